The fourth-order valence-electron chi connectivity index (χ4n) is 4.48. The van der Waals surface area contributed by atoms with E-state index in [0.717, 1.165) is 17.4 Å². The van der Waals surface area contributed by atoms with Crippen LogP contribution in [0.1, 0.15) is 41.5 Å². The van der Waals surface area contributed by atoms with Gasteiger partial charge in [0.2, 0.25) is 6.29 Å². The van der Waals surface area contributed by atoms with E-state index in [1.54, 1.807) is 39.0 Å². The predicted octanol–water partition coefficient (Wildman–Crippen LogP) is 2.36. The second-order valence-corrected chi connectivity index (χ2v) is 11.5. The molecule has 10 unspecified atom stereocenters. The van der Waals surface area contributed by atoms with Crippen LogP contribution in [0.25, 0.3) is 0 Å². The molecule has 0 bridgehead atoms. The van der Waals surface area contributed by atoms with Crippen molar-refractivity contribution in [2.24, 2.45) is 11.8 Å². The average molecular weight is 633 g/mol. The fourth-order valence-corrected chi connectivity index (χ4v) is 4.48. The lowest BCUT2D eigenvalue weighted by molar-refractivity contribution is -0.318. The van der Waals surface area contributed by atoms with Crippen molar-refractivity contribution in [3.05, 3.63) is 83.1 Å². The van der Waals surface area contributed by atoms with Gasteiger partial charge in [-0.25, -0.2) is 4.79 Å². The summed E-state index contributed by atoms with van der Waals surface area (Å²) in [6.45, 7) is 10.1. The van der Waals surface area contributed by atoms with E-state index in [1.807, 2.05) is 63.3 Å². The van der Waals surface area contributed by atoms with Crippen molar-refractivity contribution in [3.8, 4) is 0 Å². The number of carbonyl (C=O) groups is 2. The molecule has 45 heavy (non-hydrogen) atoms. The number of rotatable bonds is 13. The molecule has 0 aromatic rings. The van der Waals surface area contributed by atoms with Crippen LogP contribution in [0.15, 0.2) is 83.1 Å². The molecule has 250 valence electrons. The zero-order chi connectivity index (χ0) is 33.7. The second kappa shape index (κ2) is 18.8. The minimum atomic E-state index is -1.58. The van der Waals surface area contributed by atoms with Crippen LogP contribution in [0.3, 0.4) is 0 Å². The topological polar surface area (TPSA) is 172 Å². The molecule has 0 radical (unpaired) electrons. The summed E-state index contributed by atoms with van der Waals surface area (Å²) >= 11 is 0. The zero-order valence-corrected chi connectivity index (χ0v) is 26.7. The van der Waals surface area contributed by atoms with Gasteiger partial charge in [-0.05, 0) is 45.1 Å². The summed E-state index contributed by atoms with van der Waals surface area (Å²) in [5.41, 5.74) is 2.89. The van der Waals surface area contributed by atoms with Gasteiger partial charge in [0.25, 0.3) is 0 Å². The van der Waals surface area contributed by atoms with Gasteiger partial charge in [0.05, 0.1) is 19.3 Å². The highest BCUT2D eigenvalue weighted by Crippen LogP contribution is 2.33. The molecule has 0 amide bonds. The number of aliphatic hydroxyl groups excluding tert-OH is 5. The lowest BCUT2D eigenvalue weighted by atomic mass is 9.84. The van der Waals surface area contributed by atoms with Crippen LogP contribution in [0, 0.1) is 11.8 Å². The second-order valence-electron chi connectivity index (χ2n) is 11.5. The van der Waals surface area contributed by atoms with Crippen molar-refractivity contribution < 1.29 is 54.1 Å². The van der Waals surface area contributed by atoms with Crippen LogP contribution in [0.5, 0.6) is 0 Å². The van der Waals surface area contributed by atoms with Crippen molar-refractivity contribution in [1.29, 1.82) is 0 Å². The Labute approximate surface area is 265 Å². The van der Waals surface area contributed by atoms with Crippen molar-refractivity contribution in [2.75, 3.05) is 13.2 Å². The first-order chi connectivity index (χ1) is 21.3. The highest BCUT2D eigenvalue weighted by Gasteiger charge is 2.46. The number of carbonyl (C=O) groups excluding carboxylic acids is 2. The van der Waals surface area contributed by atoms with Gasteiger partial charge in [0.1, 0.15) is 36.8 Å². The number of hydrogen-bond acceptors (Lipinski definition) is 11. The Hall–Kier alpha value is -3.00. The van der Waals surface area contributed by atoms with Crippen molar-refractivity contribution in [3.63, 3.8) is 0 Å². The van der Waals surface area contributed by atoms with E-state index in [2.05, 4.69) is 0 Å². The Balaban J connectivity index is 1.95. The lowest BCUT2D eigenvalue weighted by Crippen LogP contribution is -2.60. The van der Waals surface area contributed by atoms with Gasteiger partial charge in [-0.1, -0.05) is 85.8 Å². The van der Waals surface area contributed by atoms with Crippen LogP contribution in [-0.4, -0.2) is 100 Å². The number of ether oxygens (including phenoxy) is 4. The molecular weight excluding hydrogens is 584 g/mol. The van der Waals surface area contributed by atoms with E-state index in [9.17, 15) is 35.1 Å². The first-order valence-corrected chi connectivity index (χ1v) is 14.9. The molecule has 10 atom stereocenters. The molecule has 0 spiro atoms. The lowest BCUT2D eigenvalue weighted by Gasteiger charge is -2.43. The van der Waals surface area contributed by atoms with Crippen molar-refractivity contribution >= 4 is 12.3 Å². The van der Waals surface area contributed by atoms with Gasteiger partial charge < -0.3 is 44.5 Å². The van der Waals surface area contributed by atoms with E-state index < -0.39 is 61.8 Å². The molecule has 2 aliphatic heterocycles. The Morgan fingerprint density at radius 2 is 1.24 bits per heavy atom. The fraction of sp³-hybridized carbons (Fsp3) is 0.529. The van der Waals surface area contributed by atoms with E-state index in [-0.39, 0.29) is 24.0 Å². The minimum Gasteiger partial charge on any atom is -0.429 e. The molecule has 2 aliphatic rings. The van der Waals surface area contributed by atoms with Gasteiger partial charge in [-0.15, -0.1) is 0 Å². The molecule has 0 aliphatic carbocycles. The average Bonchev–Trinajstić information content (AvgIpc) is 3.02. The zero-order valence-electron chi connectivity index (χ0n) is 26.7. The van der Waals surface area contributed by atoms with Crippen LogP contribution < -0.4 is 0 Å². The summed E-state index contributed by atoms with van der Waals surface area (Å²) < 4.78 is 22.4. The molecule has 11 nitrogen and oxygen atoms in total. The summed E-state index contributed by atoms with van der Waals surface area (Å²) in [4.78, 5) is 23.4. The number of esters is 1. The molecule has 2 rings (SSSR count). The monoisotopic (exact) mass is 632 g/mol. The maximum absolute atomic E-state index is 12.8. The molecule has 2 heterocycles. The number of allylic oxidation sites excluding steroid dienone is 13. The normalized spacial score (nSPS) is 34.2. The first kappa shape index (κ1) is 38.2. The molecule has 2 saturated heterocycles. The predicted molar refractivity (Wildman–Crippen MR) is 167 cm³/mol. The third kappa shape index (κ3) is 11.7. The third-order valence-electron chi connectivity index (χ3n) is 7.80. The summed E-state index contributed by atoms with van der Waals surface area (Å²) in [5, 5.41) is 50.3. The van der Waals surface area contributed by atoms with Gasteiger partial charge in [-0.3, -0.25) is 4.79 Å². The molecule has 11 heteroatoms. The number of hydrogen-bond donors (Lipinski definition) is 5. The van der Waals surface area contributed by atoms with E-state index in [4.69, 9.17) is 18.9 Å². The van der Waals surface area contributed by atoms with Crippen molar-refractivity contribution in [1.82, 2.24) is 0 Å². The molecule has 0 aromatic carbocycles. The Morgan fingerprint density at radius 1 is 0.689 bits per heavy atom. The standard InChI is InChI=1S/C34H48O11/c1-20(13-9-15-22(3)17-35)11-7-8-12-21(2)14-10-16-23(4)32(41)45-34-28(37)25(6)24(5)27(44-34)19-42-33-31(40)30(39)29(38)26(18-36)43-33/h7-17,24-31,33-34,36-40H,18-19H2,1-6H3. The maximum atomic E-state index is 12.8. The van der Waals surface area contributed by atoms with E-state index >= 15 is 0 Å². The number of aliphatic hydroxyl groups is 5. The van der Waals surface area contributed by atoms with Gasteiger partial charge in [0.15, 0.2) is 6.29 Å². The summed E-state index contributed by atoms with van der Waals surface area (Å²) in [5.74, 6) is -1.26. The molecule has 5 N–H and O–H groups in total. The minimum absolute atomic E-state index is 0.142. The molecule has 0 saturated carbocycles. The van der Waals surface area contributed by atoms with Crippen LogP contribution in [0.2, 0.25) is 0 Å². The van der Waals surface area contributed by atoms with Crippen LogP contribution >= 0.6 is 0 Å². The highest BCUT2D eigenvalue weighted by molar-refractivity contribution is 5.88. The Bertz CT molecular complexity index is 1190. The molecule has 2 fully saturated rings. The van der Waals surface area contributed by atoms with Gasteiger partial charge >= 0.3 is 5.97 Å². The Morgan fingerprint density at radius 3 is 1.82 bits per heavy atom. The Kier molecular flexibility index (Phi) is 16.0. The van der Waals surface area contributed by atoms with Crippen molar-refractivity contribution in [2.45, 2.75) is 90.7 Å². The highest BCUT2D eigenvalue weighted by atomic mass is 16.7. The number of aldehydes is 1. The quantitative estimate of drug-likeness (QED) is 0.0874. The van der Waals surface area contributed by atoms with E-state index in [0.29, 0.717) is 5.57 Å². The largest absolute Gasteiger partial charge is 0.429 e. The SMILES string of the molecule is CC(C=O)=CC=CC(C)=CC=CC=C(C)C=CC=C(C)C(=O)OC1OC(COC2OC(CO)C(O)C(O)C2O)C(C)C(C)C1O. The maximum Gasteiger partial charge on any atom is 0.336 e. The van der Waals surface area contributed by atoms with Gasteiger partial charge in [-0.2, -0.15) is 0 Å². The van der Waals surface area contributed by atoms with Gasteiger partial charge in [0, 0.05) is 5.57 Å². The van der Waals surface area contributed by atoms with E-state index in [1.165, 1.54) is 0 Å². The summed E-state index contributed by atoms with van der Waals surface area (Å²) in [6, 6.07) is 0. The first-order valence-electron chi connectivity index (χ1n) is 14.9. The smallest absolute Gasteiger partial charge is 0.336 e. The van der Waals surface area contributed by atoms with Crippen LogP contribution in [-0.2, 0) is 28.5 Å². The molecule has 0 aromatic heterocycles. The third-order valence-corrected chi connectivity index (χ3v) is 7.80. The summed E-state index contributed by atoms with van der Waals surface area (Å²) in [6.07, 6.45) is 8.85. The van der Waals surface area contributed by atoms with Crippen LogP contribution in [0.4, 0.5) is 0 Å². The molecular formula is C34H48O11. The summed E-state index contributed by atoms with van der Waals surface area (Å²) in [7, 11) is 0.